The Balaban J connectivity index is 1.27. The highest BCUT2D eigenvalue weighted by Crippen LogP contribution is 2.50. The van der Waals surface area contributed by atoms with Gasteiger partial charge in [0.15, 0.2) is 0 Å². The van der Waals surface area contributed by atoms with Crippen molar-refractivity contribution >= 4 is 97.3 Å². The maximum atomic E-state index is 6.56. The van der Waals surface area contributed by atoms with Gasteiger partial charge in [-0.3, -0.25) is 0 Å². The molecule has 0 N–H and O–H groups in total. The highest BCUT2D eigenvalue weighted by molar-refractivity contribution is 9.11. The van der Waals surface area contributed by atoms with E-state index in [0.29, 0.717) is 0 Å². The molecule has 5 nitrogen and oxygen atoms in total. The van der Waals surface area contributed by atoms with Crippen LogP contribution in [-0.4, -0.2) is 13.7 Å². The van der Waals surface area contributed by atoms with Crippen LogP contribution in [0.5, 0.6) is 23.0 Å². The van der Waals surface area contributed by atoms with Crippen molar-refractivity contribution in [2.24, 2.45) is 0 Å². The lowest BCUT2D eigenvalue weighted by molar-refractivity contribution is 0.479. The van der Waals surface area contributed by atoms with Crippen molar-refractivity contribution in [3.05, 3.63) is 209 Å². The summed E-state index contributed by atoms with van der Waals surface area (Å²) in [6, 6.07) is 70.0. The number of nitrogens with zero attached hydrogens (tertiary/aromatic N) is 3. The molecule has 61 heavy (non-hydrogen) atoms. The lowest BCUT2D eigenvalue weighted by Crippen LogP contribution is -1.98. The molecule has 0 spiro atoms. The highest BCUT2D eigenvalue weighted by Gasteiger charge is 2.29. The number of halogens is 2. The number of rotatable bonds is 7. The number of aromatic nitrogens is 3. The second kappa shape index (κ2) is 14.3. The SMILES string of the molecule is Brc1ccccc1Oc1cccc(-n2c3ccccc3c3c4c(c5ccccc5n4-c4ccccc4)c4c(c5ccccc5n4-c4cccc(Oc5ccccc5Br)c4)c32)c1. The molecule has 0 radical (unpaired) electrons. The summed E-state index contributed by atoms with van der Waals surface area (Å²) in [5, 5.41) is 7.04. The first-order valence-corrected chi connectivity index (χ1v) is 21.7. The fourth-order valence-corrected chi connectivity index (χ4v) is 9.94. The molecule has 0 saturated carbocycles. The lowest BCUT2D eigenvalue weighted by Gasteiger charge is -2.15. The molecule has 0 amide bonds. The van der Waals surface area contributed by atoms with Crippen molar-refractivity contribution in [3.8, 4) is 40.1 Å². The quantitative estimate of drug-likeness (QED) is 0.160. The summed E-state index contributed by atoms with van der Waals surface area (Å²) in [6.45, 7) is 0. The fraction of sp³-hybridized carbons (Fsp3) is 0. The predicted octanol–water partition coefficient (Wildman–Crippen LogP) is 16.1. The largest absolute Gasteiger partial charge is 0.456 e. The van der Waals surface area contributed by atoms with Crippen LogP contribution in [-0.2, 0) is 0 Å². The van der Waals surface area contributed by atoms with E-state index in [1.54, 1.807) is 0 Å². The van der Waals surface area contributed by atoms with Gasteiger partial charge in [0.2, 0.25) is 0 Å². The van der Waals surface area contributed by atoms with E-state index in [2.05, 4.69) is 185 Å². The monoisotopic (exact) mass is 913 g/mol. The predicted molar refractivity (Wildman–Crippen MR) is 258 cm³/mol. The van der Waals surface area contributed by atoms with E-state index in [-0.39, 0.29) is 0 Å². The fourth-order valence-electron chi connectivity index (χ4n) is 9.21. The molecule has 290 valence electrons. The molecule has 0 saturated heterocycles. The van der Waals surface area contributed by atoms with Gasteiger partial charge in [0.1, 0.15) is 23.0 Å². The maximum absolute atomic E-state index is 6.56. The summed E-state index contributed by atoms with van der Waals surface area (Å²) in [4.78, 5) is 0. The Morgan fingerprint density at radius 3 is 1.08 bits per heavy atom. The van der Waals surface area contributed by atoms with Crippen LogP contribution in [0.1, 0.15) is 0 Å². The van der Waals surface area contributed by atoms with E-state index >= 15 is 0 Å². The van der Waals surface area contributed by atoms with Gasteiger partial charge in [-0.25, -0.2) is 0 Å². The third-order valence-electron chi connectivity index (χ3n) is 11.6. The van der Waals surface area contributed by atoms with E-state index < -0.39 is 0 Å². The zero-order valence-electron chi connectivity index (χ0n) is 32.5. The normalized spacial score (nSPS) is 11.8. The van der Waals surface area contributed by atoms with Crippen LogP contribution < -0.4 is 9.47 Å². The van der Waals surface area contributed by atoms with Gasteiger partial charge in [-0.1, -0.05) is 109 Å². The van der Waals surface area contributed by atoms with Crippen molar-refractivity contribution in [2.75, 3.05) is 0 Å². The number of fused-ring (bicyclic) bond motifs is 12. The van der Waals surface area contributed by atoms with Crippen LogP contribution in [0.2, 0.25) is 0 Å². The van der Waals surface area contributed by atoms with Crippen molar-refractivity contribution in [1.82, 2.24) is 13.7 Å². The number of benzene rings is 9. The molecular weight excluding hydrogens is 882 g/mol. The smallest absolute Gasteiger partial charge is 0.141 e. The molecule has 0 unspecified atom stereocenters. The Kier molecular flexibility index (Phi) is 8.40. The van der Waals surface area contributed by atoms with Crippen LogP contribution in [0.4, 0.5) is 0 Å². The molecule has 7 heteroatoms. The number of para-hydroxylation sites is 6. The summed E-state index contributed by atoms with van der Waals surface area (Å²) in [6.07, 6.45) is 0. The Morgan fingerprint density at radius 2 is 0.656 bits per heavy atom. The van der Waals surface area contributed by atoms with Crippen LogP contribution >= 0.6 is 31.9 Å². The summed E-state index contributed by atoms with van der Waals surface area (Å²) in [5.41, 5.74) is 9.84. The molecule has 0 aliphatic rings. The number of ether oxygens (including phenoxy) is 2. The van der Waals surface area contributed by atoms with Gasteiger partial charge in [0.25, 0.3) is 0 Å². The van der Waals surface area contributed by atoms with Crippen LogP contribution in [0, 0.1) is 0 Å². The molecule has 12 aromatic rings. The first-order chi connectivity index (χ1) is 30.1. The van der Waals surface area contributed by atoms with Crippen LogP contribution in [0.3, 0.4) is 0 Å². The topological polar surface area (TPSA) is 33.2 Å². The highest BCUT2D eigenvalue weighted by atomic mass is 79.9. The molecule has 0 aliphatic heterocycles. The number of hydrogen-bond acceptors (Lipinski definition) is 2. The molecule has 9 aromatic carbocycles. The Hall–Kier alpha value is -7.06. The van der Waals surface area contributed by atoms with Gasteiger partial charge in [-0.05, 0) is 111 Å². The van der Waals surface area contributed by atoms with E-state index in [0.717, 1.165) is 87.5 Å². The van der Waals surface area contributed by atoms with Gasteiger partial charge in [0.05, 0.1) is 42.0 Å². The van der Waals surface area contributed by atoms with Gasteiger partial charge < -0.3 is 23.2 Å². The minimum atomic E-state index is 0.746. The van der Waals surface area contributed by atoms with Crippen molar-refractivity contribution in [3.63, 3.8) is 0 Å². The third kappa shape index (κ3) is 5.65. The zero-order valence-corrected chi connectivity index (χ0v) is 35.6. The second-order valence-corrected chi connectivity index (χ2v) is 16.8. The number of hydrogen-bond donors (Lipinski definition) is 0. The third-order valence-corrected chi connectivity index (χ3v) is 12.9. The molecule has 3 heterocycles. The molecule has 0 fully saturated rings. The standard InChI is InChI=1S/C54H33Br2N3O2/c55-42-25-7-12-30-47(42)60-37-20-14-18-35(32-37)58-45-28-10-5-23-40(45)50-52-49(39-22-4-9-27-44(39)57(52)34-16-2-1-3-17-34)53-51(54(50)58)41-24-6-11-29-46(41)59(53)36-19-15-21-38(33-36)61-48-31-13-8-26-43(48)56/h1-33H. The summed E-state index contributed by atoms with van der Waals surface area (Å²) in [7, 11) is 0. The Bertz CT molecular complexity index is 3570. The van der Waals surface area contributed by atoms with Gasteiger partial charge in [-0.2, -0.15) is 0 Å². The summed E-state index contributed by atoms with van der Waals surface area (Å²) >= 11 is 7.38. The first kappa shape index (κ1) is 35.8. The van der Waals surface area contributed by atoms with Gasteiger partial charge >= 0.3 is 0 Å². The van der Waals surface area contributed by atoms with E-state index in [4.69, 9.17) is 9.47 Å². The van der Waals surface area contributed by atoms with E-state index in [9.17, 15) is 0 Å². The van der Waals surface area contributed by atoms with Gasteiger partial charge in [-0.15, -0.1) is 0 Å². The van der Waals surface area contributed by atoms with Gasteiger partial charge in [0, 0.05) is 61.5 Å². The summed E-state index contributed by atoms with van der Waals surface area (Å²) in [5.74, 6) is 3.00. The van der Waals surface area contributed by atoms with Crippen molar-refractivity contribution in [2.45, 2.75) is 0 Å². The second-order valence-electron chi connectivity index (χ2n) is 15.1. The van der Waals surface area contributed by atoms with Crippen molar-refractivity contribution < 1.29 is 9.47 Å². The Labute approximate surface area is 367 Å². The average Bonchev–Trinajstić information content (AvgIpc) is 3.95. The molecular formula is C54H33Br2N3O2. The minimum Gasteiger partial charge on any atom is -0.456 e. The zero-order chi connectivity index (χ0) is 40.6. The van der Waals surface area contributed by atoms with Crippen molar-refractivity contribution in [1.29, 1.82) is 0 Å². The molecule has 0 bridgehead atoms. The van der Waals surface area contributed by atoms with Crippen LogP contribution in [0.25, 0.3) is 82.5 Å². The summed E-state index contributed by atoms with van der Waals surface area (Å²) < 4.78 is 22.2. The minimum absolute atomic E-state index is 0.746. The van der Waals surface area contributed by atoms with E-state index in [1.165, 1.54) is 26.9 Å². The molecule has 0 aliphatic carbocycles. The Morgan fingerprint density at radius 1 is 0.311 bits per heavy atom. The van der Waals surface area contributed by atoms with Crippen LogP contribution in [0.15, 0.2) is 209 Å². The first-order valence-electron chi connectivity index (χ1n) is 20.1. The van der Waals surface area contributed by atoms with E-state index in [1.807, 2.05) is 60.7 Å². The molecule has 12 rings (SSSR count). The lowest BCUT2D eigenvalue weighted by atomic mass is 10.0. The molecule has 0 atom stereocenters. The molecule has 3 aromatic heterocycles. The maximum Gasteiger partial charge on any atom is 0.141 e. The average molecular weight is 916 g/mol.